The summed E-state index contributed by atoms with van der Waals surface area (Å²) in [6.07, 6.45) is -4.34. The quantitative estimate of drug-likeness (QED) is 0.546. The molecule has 0 bridgehead atoms. The third-order valence-corrected chi connectivity index (χ3v) is 3.31. The number of hydrogen-bond donors (Lipinski definition) is 0. The first-order valence-corrected chi connectivity index (χ1v) is 6.22. The Labute approximate surface area is 114 Å². The van der Waals surface area contributed by atoms with Crippen LogP contribution < -0.4 is 0 Å². The van der Waals surface area contributed by atoms with Crippen molar-refractivity contribution in [2.45, 2.75) is 6.18 Å². The monoisotopic (exact) mass is 272 g/mol. The molecule has 3 rings (SSSR count). The summed E-state index contributed by atoms with van der Waals surface area (Å²) >= 11 is 0. The zero-order chi connectivity index (χ0) is 14.2. The third kappa shape index (κ3) is 2.16. The second-order valence-electron chi connectivity index (χ2n) is 4.57. The largest absolute Gasteiger partial charge is 0.417 e. The van der Waals surface area contributed by atoms with Gasteiger partial charge in [0.05, 0.1) is 5.56 Å². The number of alkyl halides is 3. The first kappa shape index (κ1) is 12.7. The van der Waals surface area contributed by atoms with Crippen molar-refractivity contribution < 1.29 is 13.2 Å². The minimum absolute atomic E-state index is 0.237. The normalized spacial score (nSPS) is 11.8. The topological polar surface area (TPSA) is 0 Å². The lowest BCUT2D eigenvalue weighted by atomic mass is 9.95. The number of hydrogen-bond acceptors (Lipinski definition) is 0. The molecule has 0 spiro atoms. The third-order valence-electron chi connectivity index (χ3n) is 3.31. The van der Waals surface area contributed by atoms with Crippen molar-refractivity contribution in [2.24, 2.45) is 0 Å². The van der Waals surface area contributed by atoms with Crippen molar-refractivity contribution >= 4 is 10.8 Å². The van der Waals surface area contributed by atoms with Crippen molar-refractivity contribution in [3.63, 3.8) is 0 Å². The van der Waals surface area contributed by atoms with Gasteiger partial charge in [-0.25, -0.2) is 0 Å². The Hall–Kier alpha value is -2.29. The number of halogens is 3. The molecule has 0 N–H and O–H groups in total. The van der Waals surface area contributed by atoms with E-state index in [4.69, 9.17) is 0 Å². The lowest BCUT2D eigenvalue weighted by Crippen LogP contribution is -2.05. The lowest BCUT2D eigenvalue weighted by Gasteiger charge is -2.13. The molecule has 3 heteroatoms. The van der Waals surface area contributed by atoms with E-state index in [1.807, 2.05) is 30.3 Å². The summed E-state index contributed by atoms with van der Waals surface area (Å²) in [7, 11) is 0. The fourth-order valence-corrected chi connectivity index (χ4v) is 2.42. The molecule has 0 saturated carbocycles. The molecule has 0 nitrogen and oxygen atoms in total. The maximum atomic E-state index is 13.1. The molecule has 100 valence electrons. The number of benzene rings is 3. The van der Waals surface area contributed by atoms with Gasteiger partial charge in [-0.05, 0) is 28.0 Å². The first-order valence-electron chi connectivity index (χ1n) is 6.22. The van der Waals surface area contributed by atoms with E-state index in [2.05, 4.69) is 0 Å². The van der Waals surface area contributed by atoms with Gasteiger partial charge < -0.3 is 0 Å². The molecular formula is C17H11F3. The Kier molecular flexibility index (Phi) is 2.97. The molecule has 3 aromatic carbocycles. The van der Waals surface area contributed by atoms with Crippen LogP contribution in [0.25, 0.3) is 21.9 Å². The van der Waals surface area contributed by atoms with E-state index < -0.39 is 11.7 Å². The van der Waals surface area contributed by atoms with Crippen molar-refractivity contribution in [3.8, 4) is 11.1 Å². The predicted octanol–water partition coefficient (Wildman–Crippen LogP) is 5.53. The molecule has 0 radical (unpaired) electrons. The Morgan fingerprint density at radius 2 is 1.20 bits per heavy atom. The molecular weight excluding hydrogens is 261 g/mol. The van der Waals surface area contributed by atoms with E-state index in [0.717, 1.165) is 17.2 Å². The van der Waals surface area contributed by atoms with Crippen molar-refractivity contribution in [3.05, 3.63) is 72.3 Å². The van der Waals surface area contributed by atoms with E-state index in [1.54, 1.807) is 24.3 Å². The van der Waals surface area contributed by atoms with Gasteiger partial charge in [-0.1, -0.05) is 60.7 Å². The summed E-state index contributed by atoms with van der Waals surface area (Å²) in [4.78, 5) is 0. The molecule has 0 aliphatic heterocycles. The summed E-state index contributed by atoms with van der Waals surface area (Å²) in [6.45, 7) is 0. The van der Waals surface area contributed by atoms with E-state index in [9.17, 15) is 13.2 Å². The second kappa shape index (κ2) is 4.67. The van der Waals surface area contributed by atoms with Crippen molar-refractivity contribution in [1.29, 1.82) is 0 Å². The van der Waals surface area contributed by atoms with Gasteiger partial charge >= 0.3 is 6.18 Å². The SMILES string of the molecule is FC(F)(F)c1ccc(-c2ccccc2)c2ccccc12. The zero-order valence-electron chi connectivity index (χ0n) is 10.5. The molecule has 0 fully saturated rings. The predicted molar refractivity (Wildman–Crippen MR) is 74.4 cm³/mol. The van der Waals surface area contributed by atoms with Crippen LogP contribution in [0.2, 0.25) is 0 Å². The fraction of sp³-hybridized carbons (Fsp3) is 0.0588. The van der Waals surface area contributed by atoms with Gasteiger partial charge in [0.15, 0.2) is 0 Å². The molecule has 0 aliphatic carbocycles. The molecule has 0 amide bonds. The lowest BCUT2D eigenvalue weighted by molar-refractivity contribution is -0.136. The summed E-state index contributed by atoms with van der Waals surface area (Å²) in [5, 5.41) is 0.856. The highest BCUT2D eigenvalue weighted by atomic mass is 19.4. The van der Waals surface area contributed by atoms with Gasteiger partial charge in [0.2, 0.25) is 0 Å². The van der Waals surface area contributed by atoms with Gasteiger partial charge in [0.25, 0.3) is 0 Å². The van der Waals surface area contributed by atoms with E-state index in [1.165, 1.54) is 6.07 Å². The number of rotatable bonds is 1. The summed E-state index contributed by atoms with van der Waals surface area (Å²) in [5.74, 6) is 0. The maximum Gasteiger partial charge on any atom is 0.417 e. The molecule has 0 saturated heterocycles. The Morgan fingerprint density at radius 1 is 0.600 bits per heavy atom. The minimum atomic E-state index is -4.34. The van der Waals surface area contributed by atoms with Gasteiger partial charge in [0.1, 0.15) is 0 Å². The van der Waals surface area contributed by atoms with Gasteiger partial charge in [-0.3, -0.25) is 0 Å². The van der Waals surface area contributed by atoms with Crippen LogP contribution in [0.3, 0.4) is 0 Å². The van der Waals surface area contributed by atoms with Crippen LogP contribution in [-0.4, -0.2) is 0 Å². The fourth-order valence-electron chi connectivity index (χ4n) is 2.42. The molecule has 0 heterocycles. The van der Waals surface area contributed by atoms with Crippen LogP contribution in [0.1, 0.15) is 5.56 Å². The molecule has 0 atom stereocenters. The Morgan fingerprint density at radius 3 is 1.85 bits per heavy atom. The average Bonchev–Trinajstić information content (AvgIpc) is 2.46. The summed E-state index contributed by atoms with van der Waals surface area (Å²) in [6, 6.07) is 18.8. The van der Waals surface area contributed by atoms with E-state index in [-0.39, 0.29) is 5.39 Å². The average molecular weight is 272 g/mol. The van der Waals surface area contributed by atoms with Gasteiger partial charge in [-0.15, -0.1) is 0 Å². The molecule has 20 heavy (non-hydrogen) atoms. The van der Waals surface area contributed by atoms with Crippen molar-refractivity contribution in [2.75, 3.05) is 0 Å². The van der Waals surface area contributed by atoms with Crippen LogP contribution >= 0.6 is 0 Å². The van der Waals surface area contributed by atoms with Gasteiger partial charge in [-0.2, -0.15) is 13.2 Å². The summed E-state index contributed by atoms with van der Waals surface area (Å²) < 4.78 is 39.2. The van der Waals surface area contributed by atoms with Crippen LogP contribution in [0.5, 0.6) is 0 Å². The van der Waals surface area contributed by atoms with Gasteiger partial charge in [0, 0.05) is 0 Å². The van der Waals surface area contributed by atoms with Crippen molar-refractivity contribution in [1.82, 2.24) is 0 Å². The summed E-state index contributed by atoms with van der Waals surface area (Å²) in [5.41, 5.74) is 1.14. The number of fused-ring (bicyclic) bond motifs is 1. The van der Waals surface area contributed by atoms with E-state index >= 15 is 0 Å². The molecule has 0 aromatic heterocycles. The standard InChI is InChI=1S/C17H11F3/c18-17(19,20)16-11-10-13(12-6-2-1-3-7-12)14-8-4-5-9-15(14)16/h1-11H. The smallest absolute Gasteiger partial charge is 0.166 e. The second-order valence-corrected chi connectivity index (χ2v) is 4.57. The first-order chi connectivity index (χ1) is 9.57. The molecule has 0 aliphatic rings. The zero-order valence-corrected chi connectivity index (χ0v) is 10.5. The molecule has 3 aromatic rings. The van der Waals surface area contributed by atoms with Crippen LogP contribution in [-0.2, 0) is 6.18 Å². The molecule has 0 unspecified atom stereocenters. The highest BCUT2D eigenvalue weighted by molar-refractivity contribution is 5.98. The highest BCUT2D eigenvalue weighted by Crippen LogP contribution is 2.38. The van der Waals surface area contributed by atoms with Crippen LogP contribution in [0.15, 0.2) is 66.7 Å². The van der Waals surface area contributed by atoms with E-state index in [0.29, 0.717) is 5.39 Å². The maximum absolute atomic E-state index is 13.1. The van der Waals surface area contributed by atoms with Crippen LogP contribution in [0, 0.1) is 0 Å². The highest BCUT2D eigenvalue weighted by Gasteiger charge is 2.32. The van der Waals surface area contributed by atoms with Crippen LogP contribution in [0.4, 0.5) is 13.2 Å². The Bertz CT molecular complexity index is 743. The Balaban J connectivity index is 2.33. The minimum Gasteiger partial charge on any atom is -0.166 e.